The van der Waals surface area contributed by atoms with Crippen LogP contribution in [0.5, 0.6) is 5.75 Å². The van der Waals surface area contributed by atoms with E-state index in [9.17, 15) is 10.1 Å². The van der Waals surface area contributed by atoms with Crippen molar-refractivity contribution >= 4 is 29.8 Å². The number of nitro benzene ring substituents is 1. The summed E-state index contributed by atoms with van der Waals surface area (Å²) in [6, 6.07) is 4.86. The van der Waals surface area contributed by atoms with Gasteiger partial charge in [-0.15, -0.1) is 12.4 Å². The number of hydrazone groups is 1. The molecule has 0 saturated carbocycles. The highest BCUT2D eigenvalue weighted by molar-refractivity contribution is 6.00. The van der Waals surface area contributed by atoms with Crippen LogP contribution in [0.25, 0.3) is 0 Å². The topological polar surface area (TPSA) is 101 Å². The number of nitro groups is 1. The average Bonchev–Trinajstić information content (AvgIpc) is 3.06. The van der Waals surface area contributed by atoms with Crippen molar-refractivity contribution in [3.8, 4) is 5.75 Å². The van der Waals surface area contributed by atoms with Crippen molar-refractivity contribution in [3.05, 3.63) is 33.9 Å². The number of halogens is 1. The molecule has 2 rings (SSSR count). The third kappa shape index (κ3) is 5.38. The van der Waals surface area contributed by atoms with E-state index in [4.69, 9.17) is 4.74 Å². The largest absolute Gasteiger partial charge is 0.487 e. The van der Waals surface area contributed by atoms with Crippen LogP contribution in [-0.4, -0.2) is 36.3 Å². The maximum Gasteiger partial charge on any atom is 0.311 e. The number of nitrogens with zero attached hydrogens (tertiary/aromatic N) is 3. The lowest BCUT2D eigenvalue weighted by molar-refractivity contribution is -0.385. The Hall–Kier alpha value is -2.35. The number of hydrogen-bond donors (Lipinski definition) is 2. The van der Waals surface area contributed by atoms with E-state index in [0.717, 1.165) is 19.4 Å². The van der Waals surface area contributed by atoms with Gasteiger partial charge in [-0.1, -0.05) is 13.3 Å². The van der Waals surface area contributed by atoms with Crippen molar-refractivity contribution in [1.29, 1.82) is 0 Å². The number of benzene rings is 1. The third-order valence-electron chi connectivity index (χ3n) is 3.33. The summed E-state index contributed by atoms with van der Waals surface area (Å²) in [4.78, 5) is 15.0. The van der Waals surface area contributed by atoms with Crippen LogP contribution >= 0.6 is 12.4 Å². The SMILES string of the molecule is CCCCOc1ccc(C(C)=NNC2=NCCN2)cc1[N+](=O)[O-].Cl. The molecule has 0 radical (unpaired) electrons. The van der Waals surface area contributed by atoms with Crippen LogP contribution in [0.3, 0.4) is 0 Å². The molecule has 1 aliphatic heterocycles. The van der Waals surface area contributed by atoms with Gasteiger partial charge in [0.15, 0.2) is 5.75 Å². The quantitative estimate of drug-likeness (QED) is 0.338. The fourth-order valence-electron chi connectivity index (χ4n) is 2.01. The van der Waals surface area contributed by atoms with Crippen molar-refractivity contribution in [2.45, 2.75) is 26.7 Å². The number of unbranched alkanes of at least 4 members (excludes halogenated alkanes) is 1. The second-order valence-electron chi connectivity index (χ2n) is 5.11. The Kier molecular flexibility index (Phi) is 7.97. The van der Waals surface area contributed by atoms with Crippen LogP contribution < -0.4 is 15.5 Å². The smallest absolute Gasteiger partial charge is 0.311 e. The van der Waals surface area contributed by atoms with Gasteiger partial charge in [0, 0.05) is 18.2 Å². The predicted octanol–water partition coefficient (Wildman–Crippen LogP) is 2.47. The first-order valence-electron chi connectivity index (χ1n) is 7.62. The maximum absolute atomic E-state index is 11.2. The van der Waals surface area contributed by atoms with Gasteiger partial charge in [-0.05, 0) is 25.5 Å². The molecule has 1 aliphatic rings. The van der Waals surface area contributed by atoms with E-state index >= 15 is 0 Å². The van der Waals surface area contributed by atoms with Crippen molar-refractivity contribution in [2.75, 3.05) is 19.7 Å². The number of guanidine groups is 1. The Morgan fingerprint density at radius 3 is 2.96 bits per heavy atom. The normalized spacial score (nSPS) is 13.6. The van der Waals surface area contributed by atoms with Gasteiger partial charge in [0.25, 0.3) is 0 Å². The van der Waals surface area contributed by atoms with Gasteiger partial charge >= 0.3 is 5.69 Å². The van der Waals surface area contributed by atoms with E-state index in [2.05, 4.69) is 20.8 Å². The lowest BCUT2D eigenvalue weighted by Crippen LogP contribution is -2.30. The minimum Gasteiger partial charge on any atom is -0.487 e. The first kappa shape index (κ1) is 19.7. The summed E-state index contributed by atoms with van der Waals surface area (Å²) in [6.45, 7) is 5.78. The van der Waals surface area contributed by atoms with Crippen molar-refractivity contribution in [3.63, 3.8) is 0 Å². The van der Waals surface area contributed by atoms with E-state index in [1.165, 1.54) is 6.07 Å². The molecule has 24 heavy (non-hydrogen) atoms. The minimum absolute atomic E-state index is 0. The summed E-state index contributed by atoms with van der Waals surface area (Å²) < 4.78 is 5.49. The molecule has 0 fully saturated rings. The van der Waals surface area contributed by atoms with E-state index in [1.54, 1.807) is 19.1 Å². The second kappa shape index (κ2) is 9.71. The molecule has 0 bridgehead atoms. The summed E-state index contributed by atoms with van der Waals surface area (Å²) in [6.07, 6.45) is 1.83. The molecular weight excluding hydrogens is 334 g/mol. The molecular formula is C15H22ClN5O3. The highest BCUT2D eigenvalue weighted by atomic mass is 35.5. The van der Waals surface area contributed by atoms with E-state index in [0.29, 0.717) is 30.4 Å². The Labute approximate surface area is 146 Å². The molecule has 1 heterocycles. The minimum atomic E-state index is -0.436. The average molecular weight is 356 g/mol. The van der Waals surface area contributed by atoms with Crippen LogP contribution in [0.1, 0.15) is 32.3 Å². The molecule has 8 nitrogen and oxygen atoms in total. The number of hydrogen-bond acceptors (Lipinski definition) is 7. The highest BCUT2D eigenvalue weighted by Crippen LogP contribution is 2.28. The molecule has 0 spiro atoms. The Morgan fingerprint density at radius 2 is 2.33 bits per heavy atom. The van der Waals surface area contributed by atoms with Crippen LogP contribution in [0, 0.1) is 10.1 Å². The number of nitrogens with one attached hydrogen (secondary N) is 2. The van der Waals surface area contributed by atoms with Gasteiger partial charge in [0.2, 0.25) is 5.96 Å². The van der Waals surface area contributed by atoms with Crippen molar-refractivity contribution in [2.24, 2.45) is 10.1 Å². The number of rotatable bonds is 7. The summed E-state index contributed by atoms with van der Waals surface area (Å²) in [7, 11) is 0. The van der Waals surface area contributed by atoms with Gasteiger partial charge in [-0.25, -0.2) is 10.4 Å². The summed E-state index contributed by atoms with van der Waals surface area (Å²) in [5.41, 5.74) is 4.05. The molecule has 2 N–H and O–H groups in total. The Balaban J connectivity index is 0.00000288. The molecule has 0 amide bonds. The predicted molar refractivity (Wildman–Crippen MR) is 96.4 cm³/mol. The summed E-state index contributed by atoms with van der Waals surface area (Å²) in [5.74, 6) is 0.896. The van der Waals surface area contributed by atoms with Crippen molar-refractivity contribution in [1.82, 2.24) is 10.7 Å². The third-order valence-corrected chi connectivity index (χ3v) is 3.33. The molecule has 1 aromatic rings. The molecule has 0 aliphatic carbocycles. The van der Waals surface area contributed by atoms with E-state index in [-0.39, 0.29) is 23.8 Å². The van der Waals surface area contributed by atoms with Gasteiger partial charge in [0.05, 0.1) is 23.8 Å². The highest BCUT2D eigenvalue weighted by Gasteiger charge is 2.17. The summed E-state index contributed by atoms with van der Waals surface area (Å²) in [5, 5.41) is 18.5. The molecule has 0 atom stereocenters. The molecule has 9 heteroatoms. The maximum atomic E-state index is 11.2. The van der Waals surface area contributed by atoms with Gasteiger partial charge < -0.3 is 10.1 Å². The number of ether oxygens (including phenoxy) is 1. The molecule has 0 unspecified atom stereocenters. The molecule has 0 saturated heterocycles. The standard InChI is InChI=1S/C15H21N5O3.ClH/c1-3-4-9-23-14-6-5-12(10-13(14)20(21)22)11(2)18-19-15-16-7-8-17-15;/h5-6,10H,3-4,7-9H2,1-2H3,(H2,16,17,19);1H. The zero-order valence-corrected chi connectivity index (χ0v) is 14.6. The molecule has 132 valence electrons. The van der Waals surface area contributed by atoms with Gasteiger partial charge in [-0.2, -0.15) is 5.10 Å². The zero-order valence-electron chi connectivity index (χ0n) is 13.7. The van der Waals surface area contributed by atoms with Gasteiger partial charge in [-0.3, -0.25) is 10.1 Å². The van der Waals surface area contributed by atoms with Gasteiger partial charge in [0.1, 0.15) is 0 Å². The zero-order chi connectivity index (χ0) is 16.7. The van der Waals surface area contributed by atoms with Crippen LogP contribution in [-0.2, 0) is 0 Å². The van der Waals surface area contributed by atoms with Crippen LogP contribution in [0.4, 0.5) is 5.69 Å². The Bertz CT molecular complexity index is 634. The lowest BCUT2D eigenvalue weighted by atomic mass is 10.1. The number of aliphatic imine (C=N–C) groups is 1. The summed E-state index contributed by atoms with van der Waals surface area (Å²) >= 11 is 0. The van der Waals surface area contributed by atoms with Crippen LogP contribution in [0.15, 0.2) is 28.3 Å². The fourth-order valence-corrected chi connectivity index (χ4v) is 2.01. The molecule has 0 aromatic heterocycles. The second-order valence-corrected chi connectivity index (χ2v) is 5.11. The fraction of sp³-hybridized carbons (Fsp3) is 0.467. The van der Waals surface area contributed by atoms with Crippen molar-refractivity contribution < 1.29 is 9.66 Å². The first-order chi connectivity index (χ1) is 11.1. The Morgan fingerprint density at radius 1 is 1.54 bits per heavy atom. The monoisotopic (exact) mass is 355 g/mol. The van der Waals surface area contributed by atoms with Crippen LogP contribution in [0.2, 0.25) is 0 Å². The first-order valence-corrected chi connectivity index (χ1v) is 7.62. The van der Waals surface area contributed by atoms with E-state index < -0.39 is 4.92 Å². The lowest BCUT2D eigenvalue weighted by Gasteiger charge is -2.08. The molecule has 1 aromatic carbocycles. The van der Waals surface area contributed by atoms with E-state index in [1.807, 2.05) is 6.92 Å².